The second-order valence-electron chi connectivity index (χ2n) is 5.33. The highest BCUT2D eigenvalue weighted by Gasteiger charge is 2.24. The predicted molar refractivity (Wildman–Crippen MR) is 74.9 cm³/mol. The Balaban J connectivity index is 2.24. The molecule has 0 bridgehead atoms. The van der Waals surface area contributed by atoms with Crippen molar-refractivity contribution in [2.24, 2.45) is 0 Å². The Morgan fingerprint density at radius 1 is 1.25 bits per heavy atom. The lowest BCUT2D eigenvalue weighted by molar-refractivity contribution is 0.0570. The zero-order valence-electron chi connectivity index (χ0n) is 11.4. The molecule has 0 aliphatic heterocycles. The van der Waals surface area contributed by atoms with Gasteiger partial charge in [0.15, 0.2) is 5.03 Å². The van der Waals surface area contributed by atoms with Gasteiger partial charge in [0.2, 0.25) is 0 Å². The Kier molecular flexibility index (Phi) is 3.47. The van der Waals surface area contributed by atoms with Crippen LogP contribution in [0.5, 0.6) is 0 Å². The monoisotopic (exact) mass is 296 g/mol. The van der Waals surface area contributed by atoms with E-state index in [2.05, 4.69) is 4.98 Å². The number of nitrogens with one attached hydrogen (secondary N) is 2. The first kappa shape index (κ1) is 14.4. The Labute approximate surface area is 117 Å². The number of sulfonamides is 1. The number of carbonyl (C=O) groups is 1. The number of H-pyrrole nitrogens is 1. The molecule has 0 spiro atoms. The zero-order valence-corrected chi connectivity index (χ0v) is 12.2. The van der Waals surface area contributed by atoms with Crippen molar-refractivity contribution < 1.29 is 17.9 Å². The molecule has 1 aromatic heterocycles. The summed E-state index contributed by atoms with van der Waals surface area (Å²) in [5, 5.41) is 0.668. The van der Waals surface area contributed by atoms with Gasteiger partial charge in [-0.3, -0.25) is 0 Å². The third-order valence-corrected chi connectivity index (χ3v) is 3.65. The van der Waals surface area contributed by atoms with E-state index in [1.165, 1.54) is 6.07 Å². The number of hydrogen-bond acceptors (Lipinski definition) is 4. The maximum atomic E-state index is 12.1. The first-order chi connectivity index (χ1) is 9.17. The molecule has 2 rings (SSSR count). The second kappa shape index (κ2) is 4.82. The molecule has 20 heavy (non-hydrogen) atoms. The molecule has 1 aromatic carbocycles. The standard InChI is InChI=1S/C13H16N2O4S/c1-13(2,3)19-12(16)15-20(17,18)11-8-9-6-4-5-7-10(9)14-11/h4-8,14H,1-3H3,(H,15,16). The Bertz CT molecular complexity index is 708. The van der Waals surface area contributed by atoms with Crippen LogP contribution >= 0.6 is 0 Å². The number of rotatable bonds is 2. The molecular formula is C13H16N2O4S. The third-order valence-electron chi connectivity index (χ3n) is 2.41. The largest absolute Gasteiger partial charge is 0.443 e. The Morgan fingerprint density at radius 2 is 1.90 bits per heavy atom. The van der Waals surface area contributed by atoms with Crippen molar-refractivity contribution in [2.75, 3.05) is 0 Å². The van der Waals surface area contributed by atoms with Crippen LogP contribution in [0.25, 0.3) is 10.9 Å². The van der Waals surface area contributed by atoms with Crippen molar-refractivity contribution in [3.05, 3.63) is 30.3 Å². The number of aromatic amines is 1. The van der Waals surface area contributed by atoms with E-state index in [0.717, 1.165) is 5.39 Å². The van der Waals surface area contributed by atoms with Gasteiger partial charge in [0.1, 0.15) is 5.60 Å². The highest BCUT2D eigenvalue weighted by molar-refractivity contribution is 7.90. The number of fused-ring (bicyclic) bond motifs is 1. The molecule has 0 saturated carbocycles. The first-order valence-corrected chi connectivity index (χ1v) is 7.49. The number of amides is 1. The van der Waals surface area contributed by atoms with Gasteiger partial charge in [-0.2, -0.15) is 8.42 Å². The van der Waals surface area contributed by atoms with E-state index >= 15 is 0 Å². The predicted octanol–water partition coefficient (Wildman–Crippen LogP) is 2.38. The highest BCUT2D eigenvalue weighted by atomic mass is 32.2. The molecular weight excluding hydrogens is 280 g/mol. The van der Waals surface area contributed by atoms with Crippen LogP contribution in [0.4, 0.5) is 4.79 Å². The van der Waals surface area contributed by atoms with Crippen molar-refractivity contribution in [3.63, 3.8) is 0 Å². The summed E-state index contributed by atoms with van der Waals surface area (Å²) in [6.07, 6.45) is -1.00. The fourth-order valence-corrected chi connectivity index (χ4v) is 2.55. The highest BCUT2D eigenvalue weighted by Crippen LogP contribution is 2.18. The van der Waals surface area contributed by atoms with Crippen LogP contribution in [0.2, 0.25) is 0 Å². The van der Waals surface area contributed by atoms with Gasteiger partial charge >= 0.3 is 6.09 Å². The number of carbonyl (C=O) groups excluding carboxylic acids is 1. The number of benzene rings is 1. The first-order valence-electron chi connectivity index (χ1n) is 6.01. The van der Waals surface area contributed by atoms with Crippen molar-refractivity contribution in [1.82, 2.24) is 9.71 Å². The maximum Gasteiger partial charge on any atom is 0.421 e. The second-order valence-corrected chi connectivity index (χ2v) is 6.98. The van der Waals surface area contributed by atoms with E-state index in [9.17, 15) is 13.2 Å². The minimum Gasteiger partial charge on any atom is -0.443 e. The van der Waals surface area contributed by atoms with Crippen LogP contribution in [-0.2, 0) is 14.8 Å². The molecule has 1 amide bonds. The van der Waals surface area contributed by atoms with Crippen molar-refractivity contribution in [1.29, 1.82) is 0 Å². The quantitative estimate of drug-likeness (QED) is 0.890. The van der Waals surface area contributed by atoms with Gasteiger partial charge in [-0.1, -0.05) is 18.2 Å². The molecule has 0 aliphatic rings. The van der Waals surface area contributed by atoms with E-state index in [1.807, 2.05) is 4.72 Å². The summed E-state index contributed by atoms with van der Waals surface area (Å²) in [5.74, 6) is 0. The lowest BCUT2D eigenvalue weighted by Gasteiger charge is -2.19. The van der Waals surface area contributed by atoms with Gasteiger partial charge in [0.25, 0.3) is 10.0 Å². The SMILES string of the molecule is CC(C)(C)OC(=O)NS(=O)(=O)c1cc2ccccc2[nH]1. The van der Waals surface area contributed by atoms with Gasteiger partial charge in [0, 0.05) is 10.9 Å². The van der Waals surface area contributed by atoms with E-state index in [-0.39, 0.29) is 5.03 Å². The number of para-hydroxylation sites is 1. The van der Waals surface area contributed by atoms with Gasteiger partial charge in [-0.05, 0) is 32.9 Å². The lowest BCUT2D eigenvalue weighted by Crippen LogP contribution is -2.36. The van der Waals surface area contributed by atoms with E-state index in [4.69, 9.17) is 4.74 Å². The molecule has 7 heteroatoms. The van der Waals surface area contributed by atoms with Gasteiger partial charge < -0.3 is 9.72 Å². The topological polar surface area (TPSA) is 88.3 Å². The Morgan fingerprint density at radius 3 is 2.50 bits per heavy atom. The Hall–Kier alpha value is -2.02. The summed E-state index contributed by atoms with van der Waals surface area (Å²) < 4.78 is 30.9. The molecule has 1 heterocycles. The maximum absolute atomic E-state index is 12.1. The molecule has 0 aliphatic carbocycles. The molecule has 2 aromatic rings. The molecule has 108 valence electrons. The van der Waals surface area contributed by atoms with E-state index < -0.39 is 21.7 Å². The van der Waals surface area contributed by atoms with Crippen LogP contribution in [0, 0.1) is 0 Å². The summed E-state index contributed by atoms with van der Waals surface area (Å²) >= 11 is 0. The summed E-state index contributed by atoms with van der Waals surface area (Å²) in [6.45, 7) is 4.96. The zero-order chi connectivity index (χ0) is 15.0. The molecule has 0 atom stereocenters. The minimum atomic E-state index is -3.97. The minimum absolute atomic E-state index is 0.0791. The molecule has 6 nitrogen and oxygen atoms in total. The average Bonchev–Trinajstić information content (AvgIpc) is 2.69. The van der Waals surface area contributed by atoms with Crippen molar-refractivity contribution in [2.45, 2.75) is 31.4 Å². The summed E-state index contributed by atoms with van der Waals surface area (Å²) in [6, 6.07) is 8.58. The summed E-state index contributed by atoms with van der Waals surface area (Å²) in [7, 11) is -3.97. The smallest absolute Gasteiger partial charge is 0.421 e. The fraction of sp³-hybridized carbons (Fsp3) is 0.308. The number of hydrogen-bond donors (Lipinski definition) is 2. The third kappa shape index (κ3) is 3.30. The number of ether oxygens (including phenoxy) is 1. The molecule has 0 unspecified atom stereocenters. The van der Waals surface area contributed by atoms with Gasteiger partial charge in [0.05, 0.1) is 0 Å². The molecule has 0 radical (unpaired) electrons. The fourth-order valence-electron chi connectivity index (χ4n) is 1.66. The normalized spacial score (nSPS) is 12.3. The van der Waals surface area contributed by atoms with Crippen LogP contribution in [0.1, 0.15) is 20.8 Å². The summed E-state index contributed by atoms with van der Waals surface area (Å²) in [5.41, 5.74) is -0.0860. The molecule has 0 fully saturated rings. The summed E-state index contributed by atoms with van der Waals surface area (Å²) in [4.78, 5) is 14.3. The average molecular weight is 296 g/mol. The van der Waals surface area contributed by atoms with E-state index in [1.54, 1.807) is 45.0 Å². The molecule has 2 N–H and O–H groups in total. The van der Waals surface area contributed by atoms with Crippen molar-refractivity contribution in [3.8, 4) is 0 Å². The van der Waals surface area contributed by atoms with Crippen molar-refractivity contribution >= 4 is 27.0 Å². The van der Waals surface area contributed by atoms with Crippen LogP contribution in [0.15, 0.2) is 35.4 Å². The lowest BCUT2D eigenvalue weighted by atomic mass is 10.2. The number of aromatic nitrogens is 1. The van der Waals surface area contributed by atoms with Crippen LogP contribution in [0.3, 0.4) is 0 Å². The van der Waals surface area contributed by atoms with Crippen LogP contribution in [-0.4, -0.2) is 25.1 Å². The molecule has 0 saturated heterocycles. The van der Waals surface area contributed by atoms with E-state index in [0.29, 0.717) is 5.52 Å². The van der Waals surface area contributed by atoms with Crippen LogP contribution < -0.4 is 4.72 Å². The van der Waals surface area contributed by atoms with Gasteiger partial charge in [-0.15, -0.1) is 0 Å². The van der Waals surface area contributed by atoms with Gasteiger partial charge in [-0.25, -0.2) is 9.52 Å².